The molecule has 0 bridgehead atoms. The van der Waals surface area contributed by atoms with E-state index in [1.807, 2.05) is 0 Å². The molecule has 0 radical (unpaired) electrons. The van der Waals surface area contributed by atoms with Gasteiger partial charge in [0.1, 0.15) is 0 Å². The number of nitro benzene ring substituents is 1. The quantitative estimate of drug-likeness (QED) is 0.458. The largest absolute Gasteiger partial charge is 0.338 e. The number of carbonyl (C=O) groups excluding carboxylic acids is 1. The molecule has 1 fully saturated rings. The van der Waals surface area contributed by atoms with Crippen molar-refractivity contribution in [2.45, 2.75) is 25.3 Å². The molecule has 17 heavy (non-hydrogen) atoms. The minimum atomic E-state index is -0.415. The molecular weight excluding hydrogens is 220 g/mol. The van der Waals surface area contributed by atoms with E-state index < -0.39 is 4.92 Å². The minimum absolute atomic E-state index is 0.0713. The normalized spacial score (nSPS) is 20.0. The molecule has 5 nitrogen and oxygen atoms in total. The summed E-state index contributed by atoms with van der Waals surface area (Å²) in [4.78, 5) is 22.8. The Morgan fingerprint density at radius 3 is 2.59 bits per heavy atom. The van der Waals surface area contributed by atoms with Gasteiger partial charge in [0.2, 0.25) is 6.41 Å². The SMILES string of the molecule is O=CN1CCCCC1c1ccc([N+](=O)[O-])cc1. The molecule has 1 amide bonds. The lowest BCUT2D eigenvalue weighted by Crippen LogP contribution is -2.32. The van der Waals surface area contributed by atoms with Gasteiger partial charge in [0.15, 0.2) is 0 Å². The zero-order valence-electron chi connectivity index (χ0n) is 9.41. The molecular formula is C12H14N2O3. The summed E-state index contributed by atoms with van der Waals surface area (Å²) in [5, 5.41) is 10.5. The lowest BCUT2D eigenvalue weighted by atomic mass is 9.96. The average Bonchev–Trinajstić information content (AvgIpc) is 2.39. The Hall–Kier alpha value is -1.91. The van der Waals surface area contributed by atoms with Crippen LogP contribution in [0.25, 0.3) is 0 Å². The van der Waals surface area contributed by atoms with Crippen LogP contribution < -0.4 is 0 Å². The summed E-state index contributed by atoms with van der Waals surface area (Å²) in [5.74, 6) is 0. The number of carbonyl (C=O) groups is 1. The first-order valence-corrected chi connectivity index (χ1v) is 5.68. The summed E-state index contributed by atoms with van der Waals surface area (Å²) in [6, 6.07) is 6.54. The zero-order valence-corrected chi connectivity index (χ0v) is 9.41. The van der Waals surface area contributed by atoms with Gasteiger partial charge in [0.25, 0.3) is 5.69 Å². The van der Waals surface area contributed by atoms with E-state index >= 15 is 0 Å². The lowest BCUT2D eigenvalue weighted by Gasteiger charge is -2.32. The third kappa shape index (κ3) is 2.43. The van der Waals surface area contributed by atoms with Gasteiger partial charge in [0.05, 0.1) is 11.0 Å². The highest BCUT2D eigenvalue weighted by atomic mass is 16.6. The van der Waals surface area contributed by atoms with Crippen molar-refractivity contribution >= 4 is 12.1 Å². The van der Waals surface area contributed by atoms with Crippen molar-refractivity contribution in [1.29, 1.82) is 0 Å². The molecule has 1 saturated heterocycles. The second-order valence-electron chi connectivity index (χ2n) is 4.20. The van der Waals surface area contributed by atoms with E-state index in [1.165, 1.54) is 12.1 Å². The summed E-state index contributed by atoms with van der Waals surface area (Å²) in [6.07, 6.45) is 3.91. The second-order valence-corrected chi connectivity index (χ2v) is 4.20. The third-order valence-electron chi connectivity index (χ3n) is 3.17. The van der Waals surface area contributed by atoms with Gasteiger partial charge >= 0.3 is 0 Å². The van der Waals surface area contributed by atoms with E-state index in [0.717, 1.165) is 37.8 Å². The molecule has 0 N–H and O–H groups in total. The van der Waals surface area contributed by atoms with Gasteiger partial charge in [-0.1, -0.05) is 12.1 Å². The maximum absolute atomic E-state index is 10.9. The molecule has 90 valence electrons. The fraction of sp³-hybridized carbons (Fsp3) is 0.417. The Morgan fingerprint density at radius 1 is 1.29 bits per heavy atom. The maximum atomic E-state index is 10.9. The molecule has 0 spiro atoms. The van der Waals surface area contributed by atoms with Crippen molar-refractivity contribution in [2.24, 2.45) is 0 Å². The number of piperidine rings is 1. The van der Waals surface area contributed by atoms with Crippen LogP contribution in [0.1, 0.15) is 30.9 Å². The van der Waals surface area contributed by atoms with E-state index in [0.29, 0.717) is 0 Å². The molecule has 1 aliphatic rings. The molecule has 5 heteroatoms. The number of nitrogens with zero attached hydrogens (tertiary/aromatic N) is 2. The molecule has 1 atom stereocenters. The van der Waals surface area contributed by atoms with Gasteiger partial charge in [-0.25, -0.2) is 0 Å². The molecule has 1 heterocycles. The van der Waals surface area contributed by atoms with E-state index in [2.05, 4.69) is 0 Å². The van der Waals surface area contributed by atoms with Crippen molar-refractivity contribution in [1.82, 2.24) is 4.90 Å². The monoisotopic (exact) mass is 234 g/mol. The molecule has 0 aromatic heterocycles. The van der Waals surface area contributed by atoms with E-state index in [1.54, 1.807) is 17.0 Å². The average molecular weight is 234 g/mol. The van der Waals surface area contributed by atoms with Gasteiger partial charge in [-0.15, -0.1) is 0 Å². The van der Waals surface area contributed by atoms with Gasteiger partial charge in [-0.3, -0.25) is 14.9 Å². The number of rotatable bonds is 3. The van der Waals surface area contributed by atoms with Crippen LogP contribution in [0.15, 0.2) is 24.3 Å². The lowest BCUT2D eigenvalue weighted by molar-refractivity contribution is -0.384. The van der Waals surface area contributed by atoms with E-state index in [-0.39, 0.29) is 11.7 Å². The number of hydrogen-bond donors (Lipinski definition) is 0. The number of nitro groups is 1. The molecule has 1 aromatic rings. The van der Waals surface area contributed by atoms with Crippen molar-refractivity contribution in [3.8, 4) is 0 Å². The summed E-state index contributed by atoms with van der Waals surface area (Å²) in [5.41, 5.74) is 1.06. The first-order valence-electron chi connectivity index (χ1n) is 5.68. The van der Waals surface area contributed by atoms with Crippen molar-refractivity contribution in [3.63, 3.8) is 0 Å². The summed E-state index contributed by atoms with van der Waals surface area (Å²) in [6.45, 7) is 0.769. The van der Waals surface area contributed by atoms with Gasteiger partial charge in [-0.05, 0) is 24.8 Å². The number of likely N-dealkylation sites (tertiary alicyclic amines) is 1. The number of amides is 1. The maximum Gasteiger partial charge on any atom is 0.269 e. The zero-order chi connectivity index (χ0) is 12.3. The standard InChI is InChI=1S/C12H14N2O3/c15-9-13-8-2-1-3-12(13)10-4-6-11(7-5-10)14(16)17/h4-7,9,12H,1-3,8H2. The third-order valence-corrected chi connectivity index (χ3v) is 3.17. The highest BCUT2D eigenvalue weighted by molar-refractivity contribution is 5.49. The molecule has 2 rings (SSSR count). The predicted octanol–water partition coefficient (Wildman–Crippen LogP) is 2.28. The first-order chi connectivity index (χ1) is 8.22. The van der Waals surface area contributed by atoms with Crippen LogP contribution in [0.3, 0.4) is 0 Å². The summed E-state index contributed by atoms with van der Waals surface area (Å²) >= 11 is 0. The fourth-order valence-electron chi connectivity index (χ4n) is 2.26. The molecule has 0 saturated carbocycles. The number of benzene rings is 1. The molecule has 0 aliphatic carbocycles. The van der Waals surface area contributed by atoms with Crippen molar-refractivity contribution in [2.75, 3.05) is 6.54 Å². The highest BCUT2D eigenvalue weighted by Gasteiger charge is 2.22. The Morgan fingerprint density at radius 2 is 2.00 bits per heavy atom. The second kappa shape index (κ2) is 4.95. The summed E-state index contributed by atoms with van der Waals surface area (Å²) in [7, 11) is 0. The van der Waals surface area contributed by atoms with Crippen LogP contribution in [0.5, 0.6) is 0 Å². The van der Waals surface area contributed by atoms with Crippen LogP contribution in [-0.2, 0) is 4.79 Å². The van der Waals surface area contributed by atoms with E-state index in [9.17, 15) is 14.9 Å². The van der Waals surface area contributed by atoms with Gasteiger partial charge < -0.3 is 4.90 Å². The van der Waals surface area contributed by atoms with Gasteiger partial charge in [0, 0.05) is 18.7 Å². The Kier molecular flexibility index (Phi) is 3.37. The van der Waals surface area contributed by atoms with Crippen LogP contribution in [0, 0.1) is 10.1 Å². The predicted molar refractivity (Wildman–Crippen MR) is 62.5 cm³/mol. The number of non-ortho nitro benzene ring substituents is 1. The minimum Gasteiger partial charge on any atom is -0.338 e. The fourth-order valence-corrected chi connectivity index (χ4v) is 2.26. The first kappa shape index (κ1) is 11.6. The van der Waals surface area contributed by atoms with Gasteiger partial charge in [-0.2, -0.15) is 0 Å². The van der Waals surface area contributed by atoms with Crippen LogP contribution >= 0.6 is 0 Å². The van der Waals surface area contributed by atoms with Crippen LogP contribution in [-0.4, -0.2) is 22.8 Å². The summed E-state index contributed by atoms with van der Waals surface area (Å²) < 4.78 is 0. The number of hydrogen-bond acceptors (Lipinski definition) is 3. The molecule has 1 aliphatic heterocycles. The molecule has 1 aromatic carbocycles. The topological polar surface area (TPSA) is 63.5 Å². The highest BCUT2D eigenvalue weighted by Crippen LogP contribution is 2.30. The van der Waals surface area contributed by atoms with Crippen molar-refractivity contribution in [3.05, 3.63) is 39.9 Å². The molecule has 1 unspecified atom stereocenters. The Bertz CT molecular complexity index is 416. The van der Waals surface area contributed by atoms with Crippen LogP contribution in [0.4, 0.5) is 5.69 Å². The van der Waals surface area contributed by atoms with E-state index in [4.69, 9.17) is 0 Å². The van der Waals surface area contributed by atoms with Crippen LogP contribution in [0.2, 0.25) is 0 Å². The Labute approximate surface area is 99.2 Å². The Balaban J connectivity index is 2.20. The van der Waals surface area contributed by atoms with Crippen molar-refractivity contribution < 1.29 is 9.72 Å². The smallest absolute Gasteiger partial charge is 0.269 e.